The van der Waals surface area contributed by atoms with E-state index in [1.54, 1.807) is 6.08 Å². The highest BCUT2D eigenvalue weighted by molar-refractivity contribution is 5.67. The summed E-state index contributed by atoms with van der Waals surface area (Å²) in [7, 11) is 0. The molecule has 0 N–H and O–H groups in total. The van der Waals surface area contributed by atoms with Gasteiger partial charge in [0.1, 0.15) is 5.83 Å². The Morgan fingerprint density at radius 2 is 1.85 bits per heavy atom. The van der Waals surface area contributed by atoms with E-state index in [0.29, 0.717) is 0 Å². The summed E-state index contributed by atoms with van der Waals surface area (Å²) >= 11 is 0. The summed E-state index contributed by atoms with van der Waals surface area (Å²) in [4.78, 5) is 2.29. The Bertz CT molecular complexity index is 816. The summed E-state index contributed by atoms with van der Waals surface area (Å²) in [5.41, 5.74) is 9.22. The maximum atomic E-state index is 13.8. The number of nitrogens with zero attached hydrogens (tertiary/aromatic N) is 1. The molecule has 2 aliphatic rings. The minimum Gasteiger partial charge on any atom is -0.317 e. The summed E-state index contributed by atoms with van der Waals surface area (Å²) < 4.78 is 13.8. The molecule has 1 nitrogen and oxygen atoms in total. The smallest absolute Gasteiger partial charge is 0.122 e. The number of allylic oxidation sites excluding steroid dienone is 12. The maximum absolute atomic E-state index is 13.8. The molecule has 0 saturated carbocycles. The van der Waals surface area contributed by atoms with Crippen molar-refractivity contribution < 1.29 is 4.39 Å². The average Bonchev–Trinajstić information content (AvgIpc) is 3.49. The zero-order chi connectivity index (χ0) is 20.1. The Balaban J connectivity index is 2.66. The van der Waals surface area contributed by atoms with Gasteiger partial charge in [0.05, 0.1) is 5.70 Å². The van der Waals surface area contributed by atoms with E-state index in [4.69, 9.17) is 0 Å². The maximum Gasteiger partial charge on any atom is 0.122 e. The highest BCUT2D eigenvalue weighted by Crippen LogP contribution is 2.43. The second-order valence-electron chi connectivity index (χ2n) is 7.25. The molecule has 0 radical (unpaired) electrons. The molecule has 0 aromatic carbocycles. The Labute approximate surface area is 164 Å². The van der Waals surface area contributed by atoms with Crippen molar-refractivity contribution in [3.05, 3.63) is 94.3 Å². The first-order valence-corrected chi connectivity index (χ1v) is 9.85. The molecule has 2 rings (SSSR count). The molecular weight excluding hydrogens is 333 g/mol. The lowest BCUT2D eigenvalue weighted by Crippen LogP contribution is -2.27. The average molecular weight is 366 g/mol. The van der Waals surface area contributed by atoms with Crippen LogP contribution in [0.2, 0.25) is 0 Å². The van der Waals surface area contributed by atoms with Crippen LogP contribution >= 0.6 is 0 Å². The number of hydrogen-bond donors (Lipinski definition) is 0. The van der Waals surface area contributed by atoms with Crippen LogP contribution in [0.3, 0.4) is 0 Å². The number of hydrogen-bond acceptors (Lipinski definition) is 1. The van der Waals surface area contributed by atoms with Gasteiger partial charge in [-0.1, -0.05) is 51.2 Å². The van der Waals surface area contributed by atoms with Crippen molar-refractivity contribution >= 4 is 0 Å². The van der Waals surface area contributed by atoms with E-state index in [1.165, 1.54) is 47.0 Å². The highest BCUT2D eigenvalue weighted by atomic mass is 19.1. The molecule has 144 valence electrons. The molecule has 0 aromatic heterocycles. The Morgan fingerprint density at radius 3 is 2.37 bits per heavy atom. The largest absolute Gasteiger partial charge is 0.317 e. The van der Waals surface area contributed by atoms with E-state index in [0.717, 1.165) is 29.7 Å². The van der Waals surface area contributed by atoms with E-state index in [1.807, 2.05) is 6.92 Å². The Kier molecular flexibility index (Phi) is 7.01. The van der Waals surface area contributed by atoms with Crippen LogP contribution in [-0.4, -0.2) is 4.90 Å². The molecule has 0 bridgehead atoms. The minimum atomic E-state index is -0.316. The monoisotopic (exact) mass is 365 g/mol. The Hall–Kier alpha value is -2.35. The van der Waals surface area contributed by atoms with Crippen LogP contribution in [0.4, 0.5) is 4.39 Å². The Morgan fingerprint density at radius 1 is 1.19 bits per heavy atom. The molecule has 0 spiro atoms. The van der Waals surface area contributed by atoms with Crippen LogP contribution in [0.5, 0.6) is 0 Å². The van der Waals surface area contributed by atoms with Crippen LogP contribution in [0, 0.1) is 0 Å². The molecule has 2 heteroatoms. The molecule has 1 aliphatic carbocycles. The standard InChI is InChI=1S/C25H32FN/c1-8-11-12-17(4)24-19(6)16-23(10-3)27(25(24)21-13-14-21)20(7)18(5)15-22(26)9-2/h9,13-16H,2,6,8,10-12H2,1,3-5,7H3/b20-18+,22-15+,24-17+. The highest BCUT2D eigenvalue weighted by Gasteiger charge is 2.30. The number of halogens is 1. The predicted molar refractivity (Wildman–Crippen MR) is 116 cm³/mol. The molecule has 0 atom stereocenters. The van der Waals surface area contributed by atoms with Gasteiger partial charge in [-0.05, 0) is 75.0 Å². The first-order chi connectivity index (χ1) is 12.8. The molecule has 0 amide bonds. The SMILES string of the molecule is C=C/C(F)=C\C(C)=C(/C)N1C(CC)=CC(=C)/C(=C(/C)CCCC)C1=C1C=C1. The topological polar surface area (TPSA) is 3.24 Å². The van der Waals surface area contributed by atoms with E-state index >= 15 is 0 Å². The van der Waals surface area contributed by atoms with Gasteiger partial charge in [0.25, 0.3) is 0 Å². The third-order valence-corrected chi connectivity index (χ3v) is 5.17. The van der Waals surface area contributed by atoms with Crippen LogP contribution < -0.4 is 0 Å². The molecule has 0 fully saturated rings. The van der Waals surface area contributed by atoms with E-state index in [2.05, 4.69) is 64.0 Å². The van der Waals surface area contributed by atoms with Crippen molar-refractivity contribution in [2.45, 2.75) is 60.3 Å². The van der Waals surface area contributed by atoms with Crippen molar-refractivity contribution in [1.29, 1.82) is 0 Å². The van der Waals surface area contributed by atoms with Gasteiger partial charge in [0.15, 0.2) is 0 Å². The van der Waals surface area contributed by atoms with Crippen molar-refractivity contribution in [2.24, 2.45) is 0 Å². The van der Waals surface area contributed by atoms with E-state index in [9.17, 15) is 4.39 Å². The lowest BCUT2D eigenvalue weighted by Gasteiger charge is -2.37. The minimum absolute atomic E-state index is 0.316. The normalized spacial score (nSPS) is 19.9. The first kappa shape index (κ1) is 21.0. The van der Waals surface area contributed by atoms with Gasteiger partial charge in [-0.2, -0.15) is 0 Å². The predicted octanol–water partition coefficient (Wildman–Crippen LogP) is 7.82. The lowest BCUT2D eigenvalue weighted by molar-refractivity contribution is 0.501. The zero-order valence-corrected chi connectivity index (χ0v) is 17.5. The van der Waals surface area contributed by atoms with Crippen molar-refractivity contribution in [2.75, 3.05) is 0 Å². The summed E-state index contributed by atoms with van der Waals surface area (Å²) in [5, 5.41) is 0. The summed E-state index contributed by atoms with van der Waals surface area (Å²) in [6, 6.07) is 0. The van der Waals surface area contributed by atoms with Gasteiger partial charge in [-0.3, -0.25) is 0 Å². The summed E-state index contributed by atoms with van der Waals surface area (Å²) in [6.45, 7) is 18.5. The van der Waals surface area contributed by atoms with Crippen molar-refractivity contribution in [1.82, 2.24) is 4.90 Å². The third kappa shape index (κ3) is 4.68. The van der Waals surface area contributed by atoms with Gasteiger partial charge in [0, 0.05) is 17.0 Å². The first-order valence-electron chi connectivity index (χ1n) is 9.85. The second-order valence-corrected chi connectivity index (χ2v) is 7.25. The molecule has 1 aliphatic heterocycles. The number of rotatable bonds is 7. The molecular formula is C25H32FN. The van der Waals surface area contributed by atoms with E-state index in [-0.39, 0.29) is 5.83 Å². The van der Waals surface area contributed by atoms with Crippen LogP contribution in [-0.2, 0) is 0 Å². The molecule has 27 heavy (non-hydrogen) atoms. The van der Waals surface area contributed by atoms with Gasteiger partial charge < -0.3 is 4.90 Å². The van der Waals surface area contributed by atoms with Crippen molar-refractivity contribution in [3.63, 3.8) is 0 Å². The fourth-order valence-electron chi connectivity index (χ4n) is 3.45. The fourth-order valence-corrected chi connectivity index (χ4v) is 3.45. The third-order valence-electron chi connectivity index (χ3n) is 5.17. The molecule has 1 heterocycles. The zero-order valence-electron chi connectivity index (χ0n) is 17.5. The van der Waals surface area contributed by atoms with E-state index < -0.39 is 0 Å². The van der Waals surface area contributed by atoms with Crippen molar-refractivity contribution in [3.8, 4) is 0 Å². The second kappa shape index (κ2) is 9.03. The van der Waals surface area contributed by atoms with Crippen LogP contribution in [0.15, 0.2) is 94.3 Å². The molecule has 0 unspecified atom stereocenters. The summed E-state index contributed by atoms with van der Waals surface area (Å²) in [6.07, 6.45) is 13.6. The number of unbranched alkanes of at least 4 members (excludes halogenated alkanes) is 1. The van der Waals surface area contributed by atoms with Crippen LogP contribution in [0.1, 0.15) is 60.3 Å². The molecule has 0 aromatic rings. The van der Waals surface area contributed by atoms with Gasteiger partial charge in [0.2, 0.25) is 0 Å². The van der Waals surface area contributed by atoms with Gasteiger partial charge in [-0.15, -0.1) is 0 Å². The summed E-state index contributed by atoms with van der Waals surface area (Å²) in [5.74, 6) is -0.316. The van der Waals surface area contributed by atoms with Gasteiger partial charge >= 0.3 is 0 Å². The quantitative estimate of drug-likeness (QED) is 0.416. The van der Waals surface area contributed by atoms with Gasteiger partial charge in [-0.25, -0.2) is 4.39 Å². The fraction of sp³-hybridized carbons (Fsp3) is 0.360. The lowest BCUT2D eigenvalue weighted by atomic mass is 9.89. The molecule has 0 saturated heterocycles. The van der Waals surface area contributed by atoms with Crippen LogP contribution in [0.25, 0.3) is 0 Å².